The van der Waals surface area contributed by atoms with Crippen LogP contribution in [0.3, 0.4) is 0 Å². The molecule has 2 heterocycles. The van der Waals surface area contributed by atoms with Crippen LogP contribution in [-0.2, 0) is 19.1 Å². The van der Waals surface area contributed by atoms with Crippen molar-refractivity contribution in [2.24, 2.45) is 0 Å². The summed E-state index contributed by atoms with van der Waals surface area (Å²) in [6.45, 7) is 5.74. The van der Waals surface area contributed by atoms with E-state index in [1.54, 1.807) is 18.2 Å². The molecule has 2 aliphatic rings. The quantitative estimate of drug-likeness (QED) is 0.493. The van der Waals surface area contributed by atoms with Crippen molar-refractivity contribution in [3.8, 4) is 0 Å². The highest BCUT2D eigenvalue weighted by molar-refractivity contribution is 6.10. The lowest BCUT2D eigenvalue weighted by atomic mass is 9.93. The fourth-order valence-electron chi connectivity index (χ4n) is 3.82. The molecule has 0 bridgehead atoms. The Balaban J connectivity index is 1.76. The third-order valence-corrected chi connectivity index (χ3v) is 5.81. The van der Waals surface area contributed by atoms with Crippen molar-refractivity contribution in [1.82, 2.24) is 10.2 Å². The van der Waals surface area contributed by atoms with Crippen molar-refractivity contribution in [1.29, 1.82) is 0 Å². The molecule has 3 rings (SSSR count). The van der Waals surface area contributed by atoms with Crippen LogP contribution < -0.4 is 15.5 Å². The van der Waals surface area contributed by atoms with Crippen molar-refractivity contribution >= 4 is 35.2 Å². The number of morpholine rings is 1. The normalized spacial score (nSPS) is 18.0. The zero-order chi connectivity index (χ0) is 22.6. The van der Waals surface area contributed by atoms with Crippen molar-refractivity contribution in [2.45, 2.75) is 32.2 Å². The van der Waals surface area contributed by atoms with E-state index in [0.29, 0.717) is 39.1 Å². The van der Waals surface area contributed by atoms with E-state index < -0.39 is 35.9 Å². The monoisotopic (exact) mass is 432 g/mol. The second-order valence-electron chi connectivity index (χ2n) is 7.48. The van der Waals surface area contributed by atoms with E-state index in [9.17, 15) is 19.2 Å². The highest BCUT2D eigenvalue weighted by Gasteiger charge is 2.49. The van der Waals surface area contributed by atoms with Gasteiger partial charge in [-0.15, -0.1) is 0 Å². The molecular weight excluding hydrogens is 404 g/mol. The van der Waals surface area contributed by atoms with Gasteiger partial charge in [0.25, 0.3) is 5.91 Å². The minimum Gasteiger partial charge on any atom is -0.465 e. The number of methoxy groups -OCH3 is 1. The van der Waals surface area contributed by atoms with Gasteiger partial charge in [-0.05, 0) is 31.0 Å². The Morgan fingerprint density at radius 2 is 1.87 bits per heavy atom. The van der Waals surface area contributed by atoms with Crippen molar-refractivity contribution in [3.05, 3.63) is 23.8 Å². The number of benzene rings is 1. The number of imide groups is 1. The Hall–Kier alpha value is -3.14. The number of urea groups is 1. The number of nitrogens with zero attached hydrogens (tertiary/aromatic N) is 2. The maximum Gasteiger partial charge on any atom is 0.340 e. The van der Waals surface area contributed by atoms with Crippen molar-refractivity contribution in [3.63, 3.8) is 0 Å². The molecule has 1 aromatic rings. The largest absolute Gasteiger partial charge is 0.465 e. The third-order valence-electron chi connectivity index (χ3n) is 5.81. The van der Waals surface area contributed by atoms with Gasteiger partial charge in [-0.2, -0.15) is 0 Å². The molecule has 168 valence electrons. The maximum absolute atomic E-state index is 12.7. The fourth-order valence-corrected chi connectivity index (χ4v) is 3.82. The van der Waals surface area contributed by atoms with Crippen LogP contribution in [0.1, 0.15) is 37.0 Å². The van der Waals surface area contributed by atoms with Gasteiger partial charge in [-0.25, -0.2) is 9.59 Å². The van der Waals surface area contributed by atoms with Gasteiger partial charge in [-0.1, -0.05) is 13.8 Å². The number of hydrogen-bond acceptors (Lipinski definition) is 7. The average molecular weight is 432 g/mol. The number of anilines is 2. The van der Waals surface area contributed by atoms with Gasteiger partial charge in [0.1, 0.15) is 12.1 Å². The Bertz CT molecular complexity index is 877. The zero-order valence-corrected chi connectivity index (χ0v) is 18.0. The second kappa shape index (κ2) is 9.34. The first-order valence-corrected chi connectivity index (χ1v) is 10.3. The lowest BCUT2D eigenvalue weighted by Crippen LogP contribution is -2.46. The van der Waals surface area contributed by atoms with E-state index in [1.807, 2.05) is 13.8 Å². The minimum absolute atomic E-state index is 0.188. The zero-order valence-electron chi connectivity index (χ0n) is 18.0. The van der Waals surface area contributed by atoms with Crippen LogP contribution >= 0.6 is 0 Å². The molecule has 2 fully saturated rings. The maximum atomic E-state index is 12.7. The highest BCUT2D eigenvalue weighted by atomic mass is 16.5. The van der Waals surface area contributed by atoms with E-state index in [2.05, 4.69) is 15.5 Å². The molecule has 0 atom stereocenters. The highest BCUT2D eigenvalue weighted by Crippen LogP contribution is 2.27. The van der Waals surface area contributed by atoms with Crippen LogP contribution in [0.5, 0.6) is 0 Å². The predicted octanol–water partition coefficient (Wildman–Crippen LogP) is 1.36. The molecule has 2 saturated heterocycles. The van der Waals surface area contributed by atoms with Crippen LogP contribution in [0.15, 0.2) is 18.2 Å². The second-order valence-corrected chi connectivity index (χ2v) is 7.48. The molecule has 0 saturated carbocycles. The van der Waals surface area contributed by atoms with E-state index in [1.165, 1.54) is 7.11 Å². The summed E-state index contributed by atoms with van der Waals surface area (Å²) in [4.78, 5) is 52.9. The van der Waals surface area contributed by atoms with Gasteiger partial charge in [0.2, 0.25) is 5.91 Å². The van der Waals surface area contributed by atoms with Gasteiger partial charge < -0.3 is 25.0 Å². The van der Waals surface area contributed by atoms with Crippen molar-refractivity contribution < 1.29 is 28.7 Å². The van der Waals surface area contributed by atoms with Gasteiger partial charge in [0, 0.05) is 18.8 Å². The molecule has 31 heavy (non-hydrogen) atoms. The lowest BCUT2D eigenvalue weighted by Gasteiger charge is -2.29. The predicted molar refractivity (Wildman–Crippen MR) is 113 cm³/mol. The molecule has 0 aromatic heterocycles. The number of amides is 4. The number of esters is 1. The summed E-state index contributed by atoms with van der Waals surface area (Å²) in [5.41, 5.74) is 0.270. The average Bonchev–Trinajstić information content (AvgIpc) is 3.04. The summed E-state index contributed by atoms with van der Waals surface area (Å²) in [6, 6.07) is 4.46. The SMILES string of the molecule is CCC1(CC)NC(=O)N(CC(=O)Nc2ccc(N3CCOCC3)cc2C(=O)OC)C1=O. The number of nitrogens with one attached hydrogen (secondary N) is 2. The van der Waals surface area contributed by atoms with E-state index in [0.717, 1.165) is 10.6 Å². The molecule has 10 heteroatoms. The summed E-state index contributed by atoms with van der Waals surface area (Å²) in [7, 11) is 1.26. The molecule has 4 amide bonds. The Labute approximate surface area is 180 Å². The number of ether oxygens (including phenoxy) is 2. The Morgan fingerprint density at radius 3 is 2.45 bits per heavy atom. The van der Waals surface area contributed by atoms with Gasteiger partial charge >= 0.3 is 12.0 Å². The molecule has 2 aliphatic heterocycles. The van der Waals surface area contributed by atoms with Crippen LogP contribution in [0.4, 0.5) is 16.2 Å². The summed E-state index contributed by atoms with van der Waals surface area (Å²) in [5, 5.41) is 5.32. The molecule has 0 unspecified atom stereocenters. The molecule has 0 aliphatic carbocycles. The molecular formula is C21H28N4O6. The number of rotatable bonds is 7. The summed E-state index contributed by atoms with van der Waals surface area (Å²) in [5.74, 6) is -1.61. The number of hydrogen-bond donors (Lipinski definition) is 2. The van der Waals surface area contributed by atoms with E-state index in [-0.39, 0.29) is 11.3 Å². The van der Waals surface area contributed by atoms with E-state index >= 15 is 0 Å². The van der Waals surface area contributed by atoms with Gasteiger partial charge in [0.05, 0.1) is 31.6 Å². The molecule has 10 nitrogen and oxygen atoms in total. The van der Waals surface area contributed by atoms with Crippen LogP contribution in [-0.4, -0.2) is 74.2 Å². The van der Waals surface area contributed by atoms with Crippen LogP contribution in [0.25, 0.3) is 0 Å². The molecule has 2 N–H and O–H groups in total. The van der Waals surface area contributed by atoms with Crippen LogP contribution in [0, 0.1) is 0 Å². The number of carbonyl (C=O) groups is 4. The lowest BCUT2D eigenvalue weighted by molar-refractivity contribution is -0.134. The first-order chi connectivity index (χ1) is 14.8. The Morgan fingerprint density at radius 1 is 1.19 bits per heavy atom. The number of carbonyl (C=O) groups excluding carboxylic acids is 4. The summed E-state index contributed by atoms with van der Waals surface area (Å²) < 4.78 is 10.2. The molecule has 1 aromatic carbocycles. The minimum atomic E-state index is -0.978. The smallest absolute Gasteiger partial charge is 0.340 e. The summed E-state index contributed by atoms with van der Waals surface area (Å²) in [6.07, 6.45) is 0.864. The summed E-state index contributed by atoms with van der Waals surface area (Å²) >= 11 is 0. The first-order valence-electron chi connectivity index (χ1n) is 10.3. The van der Waals surface area contributed by atoms with Crippen LogP contribution in [0.2, 0.25) is 0 Å². The van der Waals surface area contributed by atoms with Gasteiger partial charge in [-0.3, -0.25) is 14.5 Å². The van der Waals surface area contributed by atoms with Gasteiger partial charge in [0.15, 0.2) is 0 Å². The van der Waals surface area contributed by atoms with E-state index in [4.69, 9.17) is 9.47 Å². The molecule has 0 spiro atoms. The molecule has 0 radical (unpaired) electrons. The third kappa shape index (κ3) is 4.48. The van der Waals surface area contributed by atoms with Crippen molar-refractivity contribution in [2.75, 3.05) is 50.2 Å². The standard InChI is InChI=1S/C21H28N4O6/c1-4-21(5-2)19(28)25(20(29)23-21)13-17(26)22-16-7-6-14(12-15(16)18(27)30-3)24-8-10-31-11-9-24/h6-7,12H,4-5,8-11,13H2,1-3H3,(H,22,26)(H,23,29). The first kappa shape index (κ1) is 22.5. The fraction of sp³-hybridized carbons (Fsp3) is 0.524. The Kier molecular flexibility index (Phi) is 6.79. The topological polar surface area (TPSA) is 117 Å².